The van der Waals surface area contributed by atoms with Crippen LogP contribution in [-0.4, -0.2) is 47.9 Å². The van der Waals surface area contributed by atoms with Gasteiger partial charge in [-0.05, 0) is 31.1 Å². The second-order valence-electron chi connectivity index (χ2n) is 7.71. The monoisotopic (exact) mass is 430 g/mol. The summed E-state index contributed by atoms with van der Waals surface area (Å²) in [7, 11) is 4.03. The molecule has 0 aliphatic rings. The van der Waals surface area contributed by atoms with Crippen LogP contribution in [0.4, 0.5) is 10.8 Å². The predicted molar refractivity (Wildman–Crippen MR) is 129 cm³/mol. The van der Waals surface area contributed by atoms with Gasteiger partial charge in [-0.2, -0.15) is 0 Å². The van der Waals surface area contributed by atoms with E-state index in [0.717, 1.165) is 28.6 Å². The van der Waals surface area contributed by atoms with E-state index in [0.29, 0.717) is 23.9 Å². The second kappa shape index (κ2) is 9.73. The highest BCUT2D eigenvalue weighted by Crippen LogP contribution is 2.28. The molecule has 0 fully saturated rings. The van der Waals surface area contributed by atoms with E-state index in [-0.39, 0.29) is 5.91 Å². The molecule has 5 nitrogen and oxygen atoms in total. The van der Waals surface area contributed by atoms with Gasteiger partial charge in [-0.1, -0.05) is 66.7 Å². The first-order chi connectivity index (χ1) is 15.1. The Morgan fingerprint density at radius 3 is 2.48 bits per heavy atom. The van der Waals surface area contributed by atoms with E-state index in [1.165, 1.54) is 11.3 Å². The van der Waals surface area contributed by atoms with E-state index >= 15 is 0 Å². The molecular weight excluding hydrogens is 404 g/mol. The van der Waals surface area contributed by atoms with Crippen molar-refractivity contribution in [3.05, 3.63) is 89.4 Å². The molecule has 1 heterocycles. The summed E-state index contributed by atoms with van der Waals surface area (Å²) in [6.45, 7) is 2.01. The molecule has 0 aliphatic heterocycles. The van der Waals surface area contributed by atoms with E-state index < -0.39 is 0 Å². The molecule has 0 atom stereocenters. The predicted octanol–water partition coefficient (Wildman–Crippen LogP) is 5.24. The van der Waals surface area contributed by atoms with Crippen molar-refractivity contribution in [2.45, 2.75) is 6.54 Å². The Morgan fingerprint density at radius 1 is 0.935 bits per heavy atom. The minimum absolute atomic E-state index is 0.0482. The summed E-state index contributed by atoms with van der Waals surface area (Å²) in [6, 6.07) is 24.4. The molecule has 0 radical (unpaired) electrons. The first kappa shape index (κ1) is 21.0. The second-order valence-corrected chi connectivity index (χ2v) is 8.56. The number of carbonyl (C=O) groups is 1. The number of anilines is 2. The third kappa shape index (κ3) is 5.29. The number of rotatable bonds is 8. The van der Waals surface area contributed by atoms with Crippen LogP contribution in [0.1, 0.15) is 16.1 Å². The highest BCUT2D eigenvalue weighted by atomic mass is 32.1. The highest BCUT2D eigenvalue weighted by molar-refractivity contribution is 7.14. The largest absolute Gasteiger partial charge is 0.332 e. The van der Waals surface area contributed by atoms with Crippen LogP contribution < -0.4 is 5.32 Å². The molecule has 158 valence electrons. The van der Waals surface area contributed by atoms with Crippen molar-refractivity contribution in [1.29, 1.82) is 0 Å². The molecule has 0 aliphatic carbocycles. The molecule has 6 heteroatoms. The molecule has 1 amide bonds. The molecule has 1 N–H and O–H groups in total. The van der Waals surface area contributed by atoms with E-state index in [2.05, 4.69) is 33.4 Å². The molecule has 0 spiro atoms. The SMILES string of the molecule is CN(C)CCN(Cc1ccccc1)C(=O)c1csc(Nc2cccc3ccccc23)n1. The van der Waals surface area contributed by atoms with Crippen molar-refractivity contribution in [3.63, 3.8) is 0 Å². The van der Waals surface area contributed by atoms with Crippen LogP contribution in [0.2, 0.25) is 0 Å². The Labute approximate surface area is 187 Å². The van der Waals surface area contributed by atoms with Crippen LogP contribution in [0, 0.1) is 0 Å². The minimum Gasteiger partial charge on any atom is -0.332 e. The summed E-state index contributed by atoms with van der Waals surface area (Å²) >= 11 is 1.45. The van der Waals surface area contributed by atoms with Gasteiger partial charge in [-0.3, -0.25) is 4.79 Å². The van der Waals surface area contributed by atoms with Gasteiger partial charge in [0.05, 0.1) is 0 Å². The van der Waals surface area contributed by atoms with Gasteiger partial charge in [0, 0.05) is 36.1 Å². The van der Waals surface area contributed by atoms with E-state index in [9.17, 15) is 4.79 Å². The Hall–Kier alpha value is -3.22. The Morgan fingerprint density at radius 2 is 1.68 bits per heavy atom. The summed E-state index contributed by atoms with van der Waals surface area (Å²) in [5.74, 6) is -0.0482. The third-order valence-electron chi connectivity index (χ3n) is 5.08. The molecular formula is C25H26N4OS. The lowest BCUT2D eigenvalue weighted by Gasteiger charge is -2.24. The van der Waals surface area contributed by atoms with Gasteiger partial charge < -0.3 is 15.1 Å². The fourth-order valence-electron chi connectivity index (χ4n) is 3.42. The zero-order chi connectivity index (χ0) is 21.6. The number of hydrogen-bond donors (Lipinski definition) is 1. The average molecular weight is 431 g/mol. The molecule has 0 saturated heterocycles. The number of hydrogen-bond acceptors (Lipinski definition) is 5. The van der Waals surface area contributed by atoms with Crippen LogP contribution in [0.25, 0.3) is 10.8 Å². The van der Waals surface area contributed by atoms with Gasteiger partial charge in [0.1, 0.15) is 5.69 Å². The van der Waals surface area contributed by atoms with Gasteiger partial charge in [0.25, 0.3) is 5.91 Å². The van der Waals surface area contributed by atoms with Crippen LogP contribution in [0.5, 0.6) is 0 Å². The number of nitrogens with one attached hydrogen (secondary N) is 1. The van der Waals surface area contributed by atoms with Gasteiger partial charge in [0.15, 0.2) is 5.13 Å². The lowest BCUT2D eigenvalue weighted by Crippen LogP contribution is -2.36. The molecule has 4 rings (SSSR count). The quantitative estimate of drug-likeness (QED) is 0.415. The van der Waals surface area contributed by atoms with E-state index in [4.69, 9.17) is 0 Å². The van der Waals surface area contributed by atoms with Gasteiger partial charge in [-0.25, -0.2) is 4.98 Å². The fourth-order valence-corrected chi connectivity index (χ4v) is 4.11. The maximum atomic E-state index is 13.3. The fraction of sp³-hybridized carbons (Fsp3) is 0.200. The number of amides is 1. The van der Waals surface area contributed by atoms with Crippen molar-refractivity contribution in [2.75, 3.05) is 32.5 Å². The number of nitrogens with zero attached hydrogens (tertiary/aromatic N) is 3. The van der Waals surface area contributed by atoms with Crippen LogP contribution >= 0.6 is 11.3 Å². The highest BCUT2D eigenvalue weighted by Gasteiger charge is 2.19. The van der Waals surface area contributed by atoms with Gasteiger partial charge in [-0.15, -0.1) is 11.3 Å². The smallest absolute Gasteiger partial charge is 0.273 e. The normalized spacial score (nSPS) is 11.1. The van der Waals surface area contributed by atoms with Crippen molar-refractivity contribution < 1.29 is 4.79 Å². The van der Waals surface area contributed by atoms with Gasteiger partial charge in [0.2, 0.25) is 0 Å². The maximum Gasteiger partial charge on any atom is 0.273 e. The Balaban J connectivity index is 1.53. The van der Waals surface area contributed by atoms with Crippen molar-refractivity contribution in [1.82, 2.24) is 14.8 Å². The molecule has 4 aromatic rings. The van der Waals surface area contributed by atoms with Crippen molar-refractivity contribution >= 4 is 38.8 Å². The summed E-state index contributed by atoms with van der Waals surface area (Å²) in [4.78, 5) is 21.8. The molecule has 31 heavy (non-hydrogen) atoms. The lowest BCUT2D eigenvalue weighted by atomic mass is 10.1. The summed E-state index contributed by atoms with van der Waals surface area (Å²) in [5, 5.41) is 8.24. The summed E-state index contributed by atoms with van der Waals surface area (Å²) < 4.78 is 0. The number of benzene rings is 3. The number of carbonyl (C=O) groups excluding carboxylic acids is 1. The number of likely N-dealkylation sites (N-methyl/N-ethyl adjacent to an activating group) is 1. The minimum atomic E-state index is -0.0482. The first-order valence-electron chi connectivity index (χ1n) is 10.3. The molecule has 0 saturated carbocycles. The Bertz CT molecular complexity index is 1150. The van der Waals surface area contributed by atoms with E-state index in [1.54, 1.807) is 0 Å². The lowest BCUT2D eigenvalue weighted by molar-refractivity contribution is 0.0727. The van der Waals surface area contributed by atoms with Crippen LogP contribution in [0.3, 0.4) is 0 Å². The van der Waals surface area contributed by atoms with Crippen LogP contribution in [-0.2, 0) is 6.54 Å². The topological polar surface area (TPSA) is 48.5 Å². The number of aromatic nitrogens is 1. The molecule has 3 aromatic carbocycles. The molecule has 1 aromatic heterocycles. The zero-order valence-corrected chi connectivity index (χ0v) is 18.6. The van der Waals surface area contributed by atoms with Crippen molar-refractivity contribution in [2.24, 2.45) is 0 Å². The van der Waals surface area contributed by atoms with Crippen molar-refractivity contribution in [3.8, 4) is 0 Å². The number of fused-ring (bicyclic) bond motifs is 1. The third-order valence-corrected chi connectivity index (χ3v) is 5.83. The Kier molecular flexibility index (Phi) is 6.60. The van der Waals surface area contributed by atoms with Crippen LogP contribution in [0.15, 0.2) is 78.2 Å². The van der Waals surface area contributed by atoms with E-state index in [1.807, 2.05) is 79.0 Å². The maximum absolute atomic E-state index is 13.3. The first-order valence-corrected chi connectivity index (χ1v) is 11.2. The average Bonchev–Trinajstić information content (AvgIpc) is 3.25. The van der Waals surface area contributed by atoms with Gasteiger partial charge >= 0.3 is 0 Å². The number of thiazole rings is 1. The molecule has 0 bridgehead atoms. The zero-order valence-electron chi connectivity index (χ0n) is 17.8. The summed E-state index contributed by atoms with van der Waals surface area (Å²) in [5.41, 5.74) is 2.57. The standard InChI is InChI=1S/C25H26N4OS/c1-28(2)15-16-29(17-19-9-4-3-5-10-19)24(30)23-18-31-25(27-23)26-22-14-8-12-20-11-6-7-13-21(20)22/h3-14,18H,15-17H2,1-2H3,(H,26,27). The summed E-state index contributed by atoms with van der Waals surface area (Å²) in [6.07, 6.45) is 0. The molecule has 0 unspecified atom stereocenters.